The first-order chi connectivity index (χ1) is 8.11. The van der Waals surface area contributed by atoms with Gasteiger partial charge in [-0.2, -0.15) is 5.26 Å². The molecule has 0 bridgehead atoms. The highest BCUT2D eigenvalue weighted by Gasteiger charge is 2.21. The first-order valence-electron chi connectivity index (χ1n) is 6.48. The molecule has 1 aromatic carbocycles. The number of benzene rings is 1. The van der Waals surface area contributed by atoms with E-state index in [9.17, 15) is 0 Å². The lowest BCUT2D eigenvalue weighted by molar-refractivity contribution is 0.416. The summed E-state index contributed by atoms with van der Waals surface area (Å²) in [7, 11) is 0. The van der Waals surface area contributed by atoms with Crippen LogP contribution in [0.25, 0.3) is 0 Å². The molecule has 0 amide bonds. The quantitative estimate of drug-likeness (QED) is 0.700. The van der Waals surface area contributed by atoms with Crippen molar-refractivity contribution in [2.24, 2.45) is 5.92 Å². The molecule has 1 aliphatic rings. The van der Waals surface area contributed by atoms with E-state index in [0.717, 1.165) is 22.6 Å². The molecule has 1 saturated carbocycles. The summed E-state index contributed by atoms with van der Waals surface area (Å²) in [5, 5.41) is 9.08. The highest BCUT2D eigenvalue weighted by molar-refractivity contribution is 5.49. The number of nitriles is 1. The maximum Gasteiger partial charge on any atom is 0.0997 e. The van der Waals surface area contributed by atoms with Gasteiger partial charge in [0, 0.05) is 5.92 Å². The summed E-state index contributed by atoms with van der Waals surface area (Å²) in [6.45, 7) is 6.42. The molecule has 89 valence electrons. The molecular weight excluding hydrogens is 206 g/mol. The second kappa shape index (κ2) is 4.92. The van der Waals surface area contributed by atoms with Gasteiger partial charge >= 0.3 is 0 Å². The van der Waals surface area contributed by atoms with Crippen molar-refractivity contribution in [3.05, 3.63) is 40.3 Å². The van der Waals surface area contributed by atoms with Crippen molar-refractivity contribution in [1.29, 1.82) is 5.26 Å². The predicted molar refractivity (Wildman–Crippen MR) is 70.6 cm³/mol. The normalized spacial score (nSPS) is 18.0. The van der Waals surface area contributed by atoms with Gasteiger partial charge in [0.25, 0.3) is 0 Å². The summed E-state index contributed by atoms with van der Waals surface area (Å²) >= 11 is 0. The standard InChI is InChI=1S/C16H20N/c1-11-4-6-14(7-5-11)15-8-12(2)16(10-17)13(3)9-15/h8-9,11H,4-7H2,1-3H3. The molecule has 0 aromatic heterocycles. The molecule has 1 fully saturated rings. The Balaban J connectivity index is 2.26. The minimum atomic E-state index is 0.846. The zero-order valence-corrected chi connectivity index (χ0v) is 11.0. The van der Waals surface area contributed by atoms with Crippen molar-refractivity contribution in [3.8, 4) is 6.07 Å². The fourth-order valence-electron chi connectivity index (χ4n) is 2.74. The van der Waals surface area contributed by atoms with E-state index in [4.69, 9.17) is 5.26 Å². The van der Waals surface area contributed by atoms with E-state index in [1.54, 1.807) is 5.92 Å². The first kappa shape index (κ1) is 12.2. The van der Waals surface area contributed by atoms with Crippen LogP contribution in [-0.2, 0) is 0 Å². The summed E-state index contributed by atoms with van der Waals surface area (Å²) < 4.78 is 0. The molecule has 1 heteroatoms. The van der Waals surface area contributed by atoms with Crippen LogP contribution in [-0.4, -0.2) is 0 Å². The molecule has 0 saturated heterocycles. The number of nitrogens with zero attached hydrogens (tertiary/aromatic N) is 1. The summed E-state index contributed by atoms with van der Waals surface area (Å²) in [6, 6.07) is 6.67. The molecule has 1 aliphatic carbocycles. The molecule has 0 N–H and O–H groups in total. The average Bonchev–Trinajstić information content (AvgIpc) is 2.29. The highest BCUT2D eigenvalue weighted by atomic mass is 14.3. The average molecular weight is 226 g/mol. The fraction of sp³-hybridized carbons (Fsp3) is 0.500. The highest BCUT2D eigenvalue weighted by Crippen LogP contribution is 2.35. The Hall–Kier alpha value is -1.29. The lowest BCUT2D eigenvalue weighted by Gasteiger charge is -2.26. The van der Waals surface area contributed by atoms with Gasteiger partial charge < -0.3 is 0 Å². The molecular formula is C16H20N. The van der Waals surface area contributed by atoms with Crippen LogP contribution in [0, 0.1) is 37.0 Å². The van der Waals surface area contributed by atoms with E-state index in [2.05, 4.69) is 25.1 Å². The van der Waals surface area contributed by atoms with E-state index < -0.39 is 0 Å². The Morgan fingerprint density at radius 1 is 1.12 bits per heavy atom. The van der Waals surface area contributed by atoms with Crippen molar-refractivity contribution in [1.82, 2.24) is 0 Å². The van der Waals surface area contributed by atoms with Crippen molar-refractivity contribution < 1.29 is 0 Å². The Labute approximate surface area is 104 Å². The van der Waals surface area contributed by atoms with Crippen molar-refractivity contribution in [2.45, 2.75) is 46.5 Å². The SMILES string of the molecule is Cc1cc([C]2CCC(C)CC2)cc(C)c1C#N. The topological polar surface area (TPSA) is 23.8 Å². The third-order valence-corrected chi connectivity index (χ3v) is 3.93. The van der Waals surface area contributed by atoms with E-state index in [0.29, 0.717) is 0 Å². The Kier molecular flexibility index (Phi) is 3.52. The smallest absolute Gasteiger partial charge is 0.0997 e. The van der Waals surface area contributed by atoms with Crippen LogP contribution in [0.3, 0.4) is 0 Å². The molecule has 1 radical (unpaired) electrons. The molecule has 0 unspecified atom stereocenters. The Morgan fingerprint density at radius 3 is 2.12 bits per heavy atom. The van der Waals surface area contributed by atoms with Crippen LogP contribution < -0.4 is 0 Å². The summed E-state index contributed by atoms with van der Waals surface area (Å²) in [6.07, 6.45) is 5.08. The van der Waals surface area contributed by atoms with Crippen LogP contribution in [0.1, 0.15) is 54.9 Å². The monoisotopic (exact) mass is 226 g/mol. The zero-order valence-electron chi connectivity index (χ0n) is 11.0. The molecule has 17 heavy (non-hydrogen) atoms. The fourth-order valence-corrected chi connectivity index (χ4v) is 2.74. The van der Waals surface area contributed by atoms with Crippen LogP contribution in [0.4, 0.5) is 0 Å². The molecule has 1 aromatic rings. The van der Waals surface area contributed by atoms with Crippen molar-refractivity contribution in [3.63, 3.8) is 0 Å². The minimum absolute atomic E-state index is 0.846. The summed E-state index contributed by atoms with van der Waals surface area (Å²) in [4.78, 5) is 0. The van der Waals surface area contributed by atoms with Gasteiger partial charge in [0.05, 0.1) is 11.6 Å². The second-order valence-corrected chi connectivity index (χ2v) is 5.38. The van der Waals surface area contributed by atoms with Crippen LogP contribution in [0.15, 0.2) is 12.1 Å². The van der Waals surface area contributed by atoms with Gasteiger partial charge in [0.2, 0.25) is 0 Å². The Morgan fingerprint density at radius 2 is 1.65 bits per heavy atom. The van der Waals surface area contributed by atoms with Gasteiger partial charge in [0.1, 0.15) is 0 Å². The predicted octanol–water partition coefficient (Wildman–Crippen LogP) is 4.31. The van der Waals surface area contributed by atoms with Gasteiger partial charge in [-0.1, -0.05) is 19.1 Å². The lowest BCUT2D eigenvalue weighted by Crippen LogP contribution is -2.12. The third-order valence-electron chi connectivity index (χ3n) is 3.93. The number of hydrogen-bond donors (Lipinski definition) is 0. The minimum Gasteiger partial charge on any atom is -0.192 e. The molecule has 0 aliphatic heterocycles. The van der Waals surface area contributed by atoms with Crippen molar-refractivity contribution in [2.75, 3.05) is 0 Å². The number of rotatable bonds is 1. The number of aryl methyl sites for hydroxylation is 2. The van der Waals surface area contributed by atoms with Crippen molar-refractivity contribution >= 4 is 0 Å². The lowest BCUT2D eigenvalue weighted by atomic mass is 9.78. The van der Waals surface area contributed by atoms with E-state index in [1.165, 1.54) is 31.2 Å². The third kappa shape index (κ3) is 2.52. The number of hydrogen-bond acceptors (Lipinski definition) is 1. The molecule has 0 spiro atoms. The van der Waals surface area contributed by atoms with Gasteiger partial charge in [-0.05, 0) is 62.1 Å². The van der Waals surface area contributed by atoms with Gasteiger partial charge in [-0.25, -0.2) is 0 Å². The van der Waals surface area contributed by atoms with E-state index >= 15 is 0 Å². The van der Waals surface area contributed by atoms with Crippen LogP contribution in [0.5, 0.6) is 0 Å². The van der Waals surface area contributed by atoms with Gasteiger partial charge in [-0.3, -0.25) is 0 Å². The first-order valence-corrected chi connectivity index (χ1v) is 6.48. The molecule has 1 nitrogen and oxygen atoms in total. The van der Waals surface area contributed by atoms with E-state index in [1.807, 2.05) is 13.8 Å². The maximum absolute atomic E-state index is 9.08. The maximum atomic E-state index is 9.08. The summed E-state index contributed by atoms with van der Waals surface area (Å²) in [5.41, 5.74) is 4.45. The second-order valence-electron chi connectivity index (χ2n) is 5.38. The zero-order chi connectivity index (χ0) is 12.4. The Bertz CT molecular complexity index is 422. The summed E-state index contributed by atoms with van der Waals surface area (Å²) in [5.74, 6) is 2.46. The largest absolute Gasteiger partial charge is 0.192 e. The molecule has 0 heterocycles. The van der Waals surface area contributed by atoms with Gasteiger partial charge in [-0.15, -0.1) is 0 Å². The van der Waals surface area contributed by atoms with E-state index in [-0.39, 0.29) is 0 Å². The molecule has 0 atom stereocenters. The van der Waals surface area contributed by atoms with Gasteiger partial charge in [0.15, 0.2) is 0 Å². The molecule has 2 rings (SSSR count). The van der Waals surface area contributed by atoms with Crippen LogP contribution in [0.2, 0.25) is 0 Å². The van der Waals surface area contributed by atoms with Crippen LogP contribution >= 0.6 is 0 Å².